The van der Waals surface area contributed by atoms with Crippen molar-refractivity contribution in [1.82, 2.24) is 5.16 Å². The summed E-state index contributed by atoms with van der Waals surface area (Å²) >= 11 is 6.11. The standard InChI is InChI=1S/C18H18ClN3O5/c1-10-3-4-13(7-14(10)19)22-8-12(6-17(22)24)18(25)26-9-16(23)20-15-5-11(2)27-21-15/h3-5,7,12H,6,8-9H2,1-2H3,(H,20,21,23)/t12-/m0/s1. The van der Waals surface area contributed by atoms with Crippen LogP contribution in [0, 0.1) is 19.8 Å². The third kappa shape index (κ3) is 4.46. The van der Waals surface area contributed by atoms with Crippen LogP contribution in [0.15, 0.2) is 28.8 Å². The molecule has 0 unspecified atom stereocenters. The number of halogens is 1. The summed E-state index contributed by atoms with van der Waals surface area (Å²) in [5.41, 5.74) is 1.53. The van der Waals surface area contributed by atoms with Gasteiger partial charge < -0.3 is 19.5 Å². The number of carbonyl (C=O) groups excluding carboxylic acids is 3. The number of carbonyl (C=O) groups is 3. The van der Waals surface area contributed by atoms with E-state index in [1.807, 2.05) is 13.0 Å². The third-order valence-electron chi connectivity index (χ3n) is 4.17. The Bertz CT molecular complexity index is 895. The summed E-state index contributed by atoms with van der Waals surface area (Å²) in [5, 5.41) is 6.62. The number of hydrogen-bond acceptors (Lipinski definition) is 6. The highest BCUT2D eigenvalue weighted by Gasteiger charge is 2.36. The summed E-state index contributed by atoms with van der Waals surface area (Å²) in [5.74, 6) is -1.19. The van der Waals surface area contributed by atoms with Crippen molar-refractivity contribution < 1.29 is 23.6 Å². The van der Waals surface area contributed by atoms with Crippen LogP contribution in [0.4, 0.5) is 11.5 Å². The maximum atomic E-state index is 12.2. The van der Waals surface area contributed by atoms with Crippen LogP contribution in [0.3, 0.4) is 0 Å². The molecule has 0 spiro atoms. The normalized spacial score (nSPS) is 16.5. The molecule has 1 atom stereocenters. The van der Waals surface area contributed by atoms with Gasteiger partial charge in [0.1, 0.15) is 5.76 Å². The van der Waals surface area contributed by atoms with Crippen LogP contribution in [-0.4, -0.2) is 36.1 Å². The molecule has 2 amide bonds. The Morgan fingerprint density at radius 1 is 1.37 bits per heavy atom. The van der Waals surface area contributed by atoms with E-state index in [4.69, 9.17) is 20.9 Å². The van der Waals surface area contributed by atoms with Crippen molar-refractivity contribution in [3.8, 4) is 0 Å². The lowest BCUT2D eigenvalue weighted by Crippen LogP contribution is -2.28. The van der Waals surface area contributed by atoms with E-state index in [2.05, 4.69) is 10.5 Å². The lowest BCUT2D eigenvalue weighted by molar-refractivity contribution is -0.151. The summed E-state index contributed by atoms with van der Waals surface area (Å²) in [6, 6.07) is 6.82. The molecule has 1 aliphatic rings. The van der Waals surface area contributed by atoms with E-state index in [1.165, 1.54) is 4.90 Å². The second-order valence-electron chi connectivity index (χ2n) is 6.32. The molecule has 1 aliphatic heterocycles. The highest BCUT2D eigenvalue weighted by molar-refractivity contribution is 6.31. The lowest BCUT2D eigenvalue weighted by Gasteiger charge is -2.17. The van der Waals surface area contributed by atoms with Gasteiger partial charge in [-0.25, -0.2) is 0 Å². The number of amides is 2. The minimum absolute atomic E-state index is 0.0223. The van der Waals surface area contributed by atoms with Gasteiger partial charge in [0, 0.05) is 29.7 Å². The molecule has 0 aliphatic carbocycles. The number of aryl methyl sites for hydroxylation is 2. The molecule has 1 N–H and O–H groups in total. The summed E-state index contributed by atoms with van der Waals surface area (Å²) in [6.45, 7) is 3.27. The fourth-order valence-electron chi connectivity index (χ4n) is 2.72. The van der Waals surface area contributed by atoms with Gasteiger partial charge in [-0.05, 0) is 31.5 Å². The monoisotopic (exact) mass is 391 g/mol. The Morgan fingerprint density at radius 2 is 2.15 bits per heavy atom. The van der Waals surface area contributed by atoms with Crippen LogP contribution in [0.25, 0.3) is 0 Å². The van der Waals surface area contributed by atoms with E-state index in [1.54, 1.807) is 25.1 Å². The topological polar surface area (TPSA) is 102 Å². The van der Waals surface area contributed by atoms with Crippen LogP contribution in [-0.2, 0) is 19.1 Å². The average Bonchev–Trinajstić information content (AvgIpc) is 3.21. The zero-order valence-corrected chi connectivity index (χ0v) is 15.6. The predicted molar refractivity (Wildman–Crippen MR) is 97.5 cm³/mol. The molecule has 142 valence electrons. The van der Waals surface area contributed by atoms with Crippen LogP contribution < -0.4 is 10.2 Å². The first-order valence-electron chi connectivity index (χ1n) is 8.30. The number of hydrogen-bond donors (Lipinski definition) is 1. The van der Waals surface area contributed by atoms with Crippen molar-refractivity contribution >= 4 is 40.9 Å². The molecule has 0 radical (unpaired) electrons. The minimum atomic E-state index is -0.639. The molecule has 8 nitrogen and oxygen atoms in total. The Balaban J connectivity index is 1.54. The molecular weight excluding hydrogens is 374 g/mol. The summed E-state index contributed by atoms with van der Waals surface area (Å²) in [7, 11) is 0. The van der Waals surface area contributed by atoms with Gasteiger partial charge in [-0.15, -0.1) is 0 Å². The van der Waals surface area contributed by atoms with Crippen molar-refractivity contribution in [2.45, 2.75) is 20.3 Å². The number of nitrogens with zero attached hydrogens (tertiary/aromatic N) is 2. The molecule has 2 aromatic rings. The maximum absolute atomic E-state index is 12.2. The second kappa shape index (κ2) is 7.79. The smallest absolute Gasteiger partial charge is 0.311 e. The van der Waals surface area contributed by atoms with Crippen LogP contribution >= 0.6 is 11.6 Å². The molecule has 0 saturated carbocycles. The van der Waals surface area contributed by atoms with Crippen LogP contribution in [0.1, 0.15) is 17.7 Å². The summed E-state index contributed by atoms with van der Waals surface area (Å²) < 4.78 is 9.86. The molecule has 1 fully saturated rings. The zero-order chi connectivity index (χ0) is 19.6. The van der Waals surface area contributed by atoms with Crippen LogP contribution in [0.5, 0.6) is 0 Å². The lowest BCUT2D eigenvalue weighted by atomic mass is 10.1. The Kier molecular flexibility index (Phi) is 5.46. The largest absolute Gasteiger partial charge is 0.455 e. The van der Waals surface area contributed by atoms with Crippen molar-refractivity contribution in [3.05, 3.63) is 40.6 Å². The number of rotatable bonds is 5. The van der Waals surface area contributed by atoms with Crippen molar-refractivity contribution in [1.29, 1.82) is 0 Å². The predicted octanol–water partition coefficient (Wildman–Crippen LogP) is 2.48. The first-order chi connectivity index (χ1) is 12.8. The second-order valence-corrected chi connectivity index (χ2v) is 6.72. The molecule has 27 heavy (non-hydrogen) atoms. The van der Waals surface area contributed by atoms with E-state index >= 15 is 0 Å². The maximum Gasteiger partial charge on any atom is 0.311 e. The summed E-state index contributed by atoms with van der Waals surface area (Å²) in [4.78, 5) is 37.7. The number of esters is 1. The Hall–Kier alpha value is -2.87. The number of aromatic nitrogens is 1. The van der Waals surface area contributed by atoms with Gasteiger partial charge in [-0.2, -0.15) is 0 Å². The van der Waals surface area contributed by atoms with Gasteiger partial charge >= 0.3 is 5.97 Å². The first-order valence-corrected chi connectivity index (χ1v) is 8.67. The average molecular weight is 392 g/mol. The van der Waals surface area contributed by atoms with E-state index in [9.17, 15) is 14.4 Å². The van der Waals surface area contributed by atoms with Gasteiger partial charge in [0.25, 0.3) is 5.91 Å². The SMILES string of the molecule is Cc1cc(NC(=O)COC(=O)[C@H]2CC(=O)N(c3ccc(C)c(Cl)c3)C2)no1. The summed E-state index contributed by atoms with van der Waals surface area (Å²) in [6.07, 6.45) is 0.0223. The quantitative estimate of drug-likeness (QED) is 0.785. The number of anilines is 2. The minimum Gasteiger partial charge on any atom is -0.455 e. The number of nitrogens with one attached hydrogen (secondary N) is 1. The Morgan fingerprint density at radius 3 is 2.81 bits per heavy atom. The molecule has 3 rings (SSSR count). The Labute approximate surface area is 160 Å². The van der Waals surface area contributed by atoms with Gasteiger partial charge in [-0.1, -0.05) is 22.8 Å². The van der Waals surface area contributed by atoms with Gasteiger partial charge in [-0.3, -0.25) is 14.4 Å². The van der Waals surface area contributed by atoms with Gasteiger partial charge in [0.05, 0.1) is 5.92 Å². The van der Waals surface area contributed by atoms with E-state index < -0.39 is 24.4 Å². The first kappa shape index (κ1) is 18.9. The van der Waals surface area contributed by atoms with Crippen molar-refractivity contribution in [2.24, 2.45) is 5.92 Å². The highest BCUT2D eigenvalue weighted by atomic mass is 35.5. The highest BCUT2D eigenvalue weighted by Crippen LogP contribution is 2.29. The molecule has 0 bridgehead atoms. The molecular formula is C18H18ClN3O5. The van der Waals surface area contributed by atoms with E-state index in [-0.39, 0.29) is 24.7 Å². The molecule has 2 heterocycles. The van der Waals surface area contributed by atoms with Crippen LogP contribution in [0.2, 0.25) is 5.02 Å². The molecule has 1 saturated heterocycles. The van der Waals surface area contributed by atoms with E-state index in [0.717, 1.165) is 5.56 Å². The zero-order valence-electron chi connectivity index (χ0n) is 14.8. The van der Waals surface area contributed by atoms with E-state index in [0.29, 0.717) is 16.5 Å². The fourth-order valence-corrected chi connectivity index (χ4v) is 2.90. The molecule has 1 aromatic heterocycles. The molecule has 1 aromatic carbocycles. The number of ether oxygens (including phenoxy) is 1. The fraction of sp³-hybridized carbons (Fsp3) is 0.333. The van der Waals surface area contributed by atoms with Crippen molar-refractivity contribution in [2.75, 3.05) is 23.4 Å². The van der Waals surface area contributed by atoms with Crippen molar-refractivity contribution in [3.63, 3.8) is 0 Å². The van der Waals surface area contributed by atoms with Gasteiger partial charge in [0.15, 0.2) is 12.4 Å². The number of benzene rings is 1. The third-order valence-corrected chi connectivity index (χ3v) is 4.57. The van der Waals surface area contributed by atoms with Gasteiger partial charge in [0.2, 0.25) is 5.91 Å². The molecule has 9 heteroatoms.